The molecule has 1 N–H and O–H groups in total. The van der Waals surface area contributed by atoms with Crippen molar-refractivity contribution < 1.29 is 115 Å². The van der Waals surface area contributed by atoms with E-state index in [1.807, 2.05) is 0 Å². The van der Waals surface area contributed by atoms with Crippen molar-refractivity contribution in [3.05, 3.63) is 12.7 Å². The number of hydrogen-bond donors (Lipinski definition) is 1. The molecule has 0 aliphatic carbocycles. The van der Waals surface area contributed by atoms with Gasteiger partial charge in [-0.25, -0.2) is 0 Å². The lowest BCUT2D eigenvalue weighted by atomic mass is 9.96. The normalized spacial score (nSPS) is 33.1. The molecular weight excluding hydrogens is 840 g/mol. The van der Waals surface area contributed by atoms with Crippen LogP contribution in [0.1, 0.15) is 55.4 Å². The Morgan fingerprint density at radius 1 is 0.468 bits per heavy atom. The summed E-state index contributed by atoms with van der Waals surface area (Å²) in [7, 11) is 1.23. The van der Waals surface area contributed by atoms with E-state index >= 15 is 0 Å². The molecule has 62 heavy (non-hydrogen) atoms. The van der Waals surface area contributed by atoms with Crippen LogP contribution in [-0.2, 0) is 109 Å². The van der Waals surface area contributed by atoms with E-state index in [1.54, 1.807) is 0 Å². The molecule has 0 spiro atoms. The minimum atomic E-state index is -1.81. The SMILES string of the molecule is C=CCOC1C(OC)OC(COC2OC(COC(C)=O)C(OC(C)=O)C(OC(C)=O)C2OC(C)=O)C(O)C1OC1OC(COC(C)=O)C(OC(C)=O)C(OC(C)=O)C1OC(C)=O. The molecule has 24 heteroatoms. The summed E-state index contributed by atoms with van der Waals surface area (Å²) < 4.78 is 84.9. The van der Waals surface area contributed by atoms with E-state index in [0.717, 1.165) is 55.4 Å². The lowest BCUT2D eigenvalue weighted by Crippen LogP contribution is -2.67. The van der Waals surface area contributed by atoms with Crippen LogP contribution >= 0.6 is 0 Å². The highest BCUT2D eigenvalue weighted by Gasteiger charge is 2.57. The lowest BCUT2D eigenvalue weighted by Gasteiger charge is -2.48. The van der Waals surface area contributed by atoms with Gasteiger partial charge in [-0.05, 0) is 0 Å². The summed E-state index contributed by atoms with van der Waals surface area (Å²) in [5, 5.41) is 12.0. The number of esters is 8. The molecule has 0 bridgehead atoms. The second-order valence-corrected chi connectivity index (χ2v) is 13.9. The van der Waals surface area contributed by atoms with Crippen LogP contribution in [0.2, 0.25) is 0 Å². The molecule has 3 saturated heterocycles. The highest BCUT2D eigenvalue weighted by Crippen LogP contribution is 2.36. The number of ether oxygens (including phenoxy) is 15. The monoisotopic (exact) mass is 894 g/mol. The second-order valence-electron chi connectivity index (χ2n) is 13.9. The van der Waals surface area contributed by atoms with Gasteiger partial charge in [0.25, 0.3) is 0 Å². The summed E-state index contributed by atoms with van der Waals surface area (Å²) in [5.41, 5.74) is 0. The van der Waals surface area contributed by atoms with Crippen molar-refractivity contribution in [2.24, 2.45) is 0 Å². The van der Waals surface area contributed by atoms with Gasteiger partial charge < -0.3 is 76.2 Å². The van der Waals surface area contributed by atoms with E-state index in [2.05, 4.69) is 6.58 Å². The highest BCUT2D eigenvalue weighted by atomic mass is 16.8. The van der Waals surface area contributed by atoms with Crippen molar-refractivity contribution in [2.45, 2.75) is 148 Å². The Morgan fingerprint density at radius 3 is 1.26 bits per heavy atom. The van der Waals surface area contributed by atoms with Crippen LogP contribution in [0.4, 0.5) is 0 Å². The van der Waals surface area contributed by atoms with E-state index in [0.29, 0.717) is 0 Å². The summed E-state index contributed by atoms with van der Waals surface area (Å²) in [6, 6.07) is 0. The van der Waals surface area contributed by atoms with Gasteiger partial charge in [-0.1, -0.05) is 6.08 Å². The molecule has 3 rings (SSSR count). The van der Waals surface area contributed by atoms with Gasteiger partial charge in [0.15, 0.2) is 55.5 Å². The highest BCUT2D eigenvalue weighted by molar-refractivity contribution is 5.70. The minimum absolute atomic E-state index is 0.162. The fourth-order valence-electron chi connectivity index (χ4n) is 6.69. The smallest absolute Gasteiger partial charge is 0.303 e. The van der Waals surface area contributed by atoms with E-state index < -0.39 is 160 Å². The number of aliphatic hydroxyl groups excluding tert-OH is 1. The number of rotatable bonds is 19. The van der Waals surface area contributed by atoms with Crippen molar-refractivity contribution in [3.8, 4) is 0 Å². The maximum absolute atomic E-state index is 12.5. The van der Waals surface area contributed by atoms with Gasteiger partial charge >= 0.3 is 47.8 Å². The maximum Gasteiger partial charge on any atom is 0.303 e. The molecule has 0 aromatic carbocycles. The Morgan fingerprint density at radius 2 is 0.855 bits per heavy atom. The first-order chi connectivity index (χ1) is 29.2. The van der Waals surface area contributed by atoms with Crippen molar-refractivity contribution in [1.82, 2.24) is 0 Å². The number of carbonyl (C=O) groups excluding carboxylic acids is 8. The van der Waals surface area contributed by atoms with E-state index in [1.165, 1.54) is 13.2 Å². The fraction of sp³-hybridized carbons (Fsp3) is 0.737. The van der Waals surface area contributed by atoms with Gasteiger partial charge in [-0.2, -0.15) is 0 Å². The topological polar surface area (TPSA) is 295 Å². The van der Waals surface area contributed by atoms with Crippen LogP contribution < -0.4 is 0 Å². The van der Waals surface area contributed by atoms with E-state index in [4.69, 9.17) is 71.1 Å². The van der Waals surface area contributed by atoms with Crippen molar-refractivity contribution in [3.63, 3.8) is 0 Å². The predicted octanol–water partition coefficient (Wildman–Crippen LogP) is -1.14. The van der Waals surface area contributed by atoms with Crippen LogP contribution in [0.25, 0.3) is 0 Å². The molecule has 15 atom stereocenters. The first-order valence-corrected chi connectivity index (χ1v) is 19.1. The first-order valence-electron chi connectivity index (χ1n) is 19.1. The zero-order valence-electron chi connectivity index (χ0n) is 35.6. The summed E-state index contributed by atoms with van der Waals surface area (Å²) in [6.45, 7) is 10.1. The zero-order chi connectivity index (χ0) is 46.4. The van der Waals surface area contributed by atoms with E-state index in [9.17, 15) is 43.5 Å². The van der Waals surface area contributed by atoms with Crippen molar-refractivity contribution >= 4 is 47.8 Å². The maximum atomic E-state index is 12.5. The molecule has 3 aliphatic heterocycles. The number of methoxy groups -OCH3 is 1. The number of carbonyl (C=O) groups is 8. The van der Waals surface area contributed by atoms with Gasteiger partial charge in [0.05, 0.1) is 13.2 Å². The number of hydrogen-bond acceptors (Lipinski definition) is 24. The number of aliphatic hydroxyl groups is 1. The molecule has 0 aromatic heterocycles. The average molecular weight is 895 g/mol. The summed E-state index contributed by atoms with van der Waals surface area (Å²) >= 11 is 0. The molecule has 0 saturated carbocycles. The Balaban J connectivity index is 2.08. The van der Waals surface area contributed by atoms with Crippen LogP contribution in [-0.4, -0.2) is 179 Å². The van der Waals surface area contributed by atoms with Gasteiger partial charge in [0.1, 0.15) is 49.8 Å². The van der Waals surface area contributed by atoms with Gasteiger partial charge in [-0.15, -0.1) is 6.58 Å². The Kier molecular flexibility index (Phi) is 20.1. The Labute approximate surface area is 355 Å². The Bertz CT molecular complexity index is 1600. The molecule has 3 aliphatic rings. The van der Waals surface area contributed by atoms with Gasteiger partial charge in [-0.3, -0.25) is 38.4 Å². The third-order valence-electron chi connectivity index (χ3n) is 8.87. The Hall–Kier alpha value is -4.82. The van der Waals surface area contributed by atoms with Crippen molar-refractivity contribution in [2.75, 3.05) is 33.5 Å². The summed E-state index contributed by atoms with van der Waals surface area (Å²) in [6.07, 6.45) is -22.1. The lowest BCUT2D eigenvalue weighted by molar-refractivity contribution is -0.367. The van der Waals surface area contributed by atoms with Crippen LogP contribution in [0.15, 0.2) is 12.7 Å². The van der Waals surface area contributed by atoms with Crippen LogP contribution in [0.3, 0.4) is 0 Å². The molecule has 3 fully saturated rings. The summed E-state index contributed by atoms with van der Waals surface area (Å²) in [5.74, 6) is -6.88. The zero-order valence-corrected chi connectivity index (χ0v) is 35.6. The molecule has 24 nitrogen and oxygen atoms in total. The molecular formula is C38H54O24. The molecule has 0 amide bonds. The minimum Gasteiger partial charge on any atom is -0.463 e. The fourth-order valence-corrected chi connectivity index (χ4v) is 6.69. The third kappa shape index (κ3) is 14.9. The van der Waals surface area contributed by atoms with Crippen LogP contribution in [0, 0.1) is 0 Å². The van der Waals surface area contributed by atoms with Crippen molar-refractivity contribution in [1.29, 1.82) is 0 Å². The molecule has 15 unspecified atom stereocenters. The standard InChI is InChI=1S/C38H54O24/c1-11-12-49-33-30(62-38-35(58-23(9)46)32(56-21(7)44)29(54-19(5)42)26(61-38)15-51-17(3)40)27(47)24(59-36(33)48-10)13-52-37-34(57-22(8)45)31(55-20(6)43)28(53-18(4)41)25(60-37)14-50-16(2)39/h11,24-38,47H,1,12-15H2,2-10H3. The van der Waals surface area contributed by atoms with Gasteiger partial charge in [0.2, 0.25) is 0 Å². The molecule has 0 radical (unpaired) electrons. The quantitative estimate of drug-likeness (QED) is 0.0910. The average Bonchev–Trinajstić information content (AvgIpc) is 3.16. The van der Waals surface area contributed by atoms with E-state index in [-0.39, 0.29) is 6.61 Å². The van der Waals surface area contributed by atoms with Crippen LogP contribution in [0.5, 0.6) is 0 Å². The molecule has 350 valence electrons. The second kappa shape index (κ2) is 24.1. The first kappa shape index (κ1) is 51.5. The largest absolute Gasteiger partial charge is 0.463 e. The molecule has 0 aromatic rings. The van der Waals surface area contributed by atoms with Gasteiger partial charge in [0, 0.05) is 62.5 Å². The summed E-state index contributed by atoms with van der Waals surface area (Å²) in [4.78, 5) is 97.6. The molecule has 3 heterocycles. The predicted molar refractivity (Wildman–Crippen MR) is 196 cm³/mol. The third-order valence-corrected chi connectivity index (χ3v) is 8.87.